The van der Waals surface area contributed by atoms with E-state index in [-0.39, 0.29) is 17.2 Å². The van der Waals surface area contributed by atoms with Crippen LogP contribution in [0, 0.1) is 0 Å². The first-order valence-corrected chi connectivity index (χ1v) is 9.10. The van der Waals surface area contributed by atoms with Gasteiger partial charge in [0.15, 0.2) is 0 Å². The first kappa shape index (κ1) is 19.2. The highest BCUT2D eigenvalue weighted by molar-refractivity contribution is 7.80. The van der Waals surface area contributed by atoms with Crippen LogP contribution in [0.15, 0.2) is 0 Å². The molecule has 14 heteroatoms. The Kier molecular flexibility index (Phi) is 4.59. The number of urea groups is 1. The van der Waals surface area contributed by atoms with Gasteiger partial charge in [-0.15, -0.1) is 4.28 Å². The molecule has 3 N–H and O–H groups in total. The molecule has 1 saturated carbocycles. The smallest absolute Gasteiger partial charge is 0.312 e. The van der Waals surface area contributed by atoms with E-state index in [1.54, 1.807) is 7.05 Å². The number of carbonyl (C=O) groups excluding carboxylic acids is 2. The second-order valence-corrected chi connectivity index (χ2v) is 7.55. The van der Waals surface area contributed by atoms with E-state index in [4.69, 9.17) is 9.39 Å². The second kappa shape index (κ2) is 6.23. The largest absolute Gasteiger partial charge is 0.418 e. The van der Waals surface area contributed by atoms with E-state index in [1.165, 1.54) is 0 Å². The van der Waals surface area contributed by atoms with Crippen molar-refractivity contribution < 1.29 is 40.5 Å². The molecule has 26 heavy (non-hydrogen) atoms. The van der Waals surface area contributed by atoms with Gasteiger partial charge in [-0.25, -0.2) is 19.1 Å². The fraction of sp³-hybridized carbons (Fsp3) is 0.833. The van der Waals surface area contributed by atoms with Gasteiger partial charge >= 0.3 is 16.4 Å². The zero-order valence-corrected chi connectivity index (χ0v) is 14.5. The number of piperidine rings is 1. The normalized spacial score (nSPS) is 29.0. The van der Waals surface area contributed by atoms with Crippen molar-refractivity contribution in [2.45, 2.75) is 42.8 Å². The van der Waals surface area contributed by atoms with Crippen LogP contribution in [0.2, 0.25) is 0 Å². The maximum atomic E-state index is 14.3. The molecular formula is C12H18F2N4O7S. The number of nitrogens with zero attached hydrogens (tertiary/aromatic N) is 2. The summed E-state index contributed by atoms with van der Waals surface area (Å²) in [7, 11) is -3.45. The Balaban J connectivity index is 1.68. The zero-order valence-electron chi connectivity index (χ0n) is 13.6. The predicted octanol–water partition coefficient (Wildman–Crippen LogP) is -0.966. The molecule has 0 aromatic heterocycles. The lowest BCUT2D eigenvalue weighted by atomic mass is 9.96. The van der Waals surface area contributed by atoms with Gasteiger partial charge in [-0.05, 0) is 19.9 Å². The van der Waals surface area contributed by atoms with Gasteiger partial charge in [0.1, 0.15) is 12.1 Å². The molecule has 2 aliphatic heterocycles. The molecule has 11 nitrogen and oxygen atoms in total. The number of hydrogen-bond acceptors (Lipinski definition) is 7. The van der Waals surface area contributed by atoms with E-state index in [9.17, 15) is 26.8 Å². The lowest BCUT2D eigenvalue weighted by Gasteiger charge is -2.34. The number of likely N-dealkylation sites (N-methyl/N-ethyl adjacent to an activating group) is 1. The number of hydroxylamine groups is 3. The number of carbonyl (C=O) groups is 2. The SMILES string of the molecule is CNC1(CONC(=O)[C@@H]2CC(F)(F)[C@@H]3CN2C(=O)N3OS(=O)(=O)O)CC1. The van der Waals surface area contributed by atoms with Crippen molar-refractivity contribution in [3.63, 3.8) is 0 Å². The van der Waals surface area contributed by atoms with Crippen LogP contribution >= 0.6 is 0 Å². The highest BCUT2D eigenvalue weighted by atomic mass is 32.3. The summed E-state index contributed by atoms with van der Waals surface area (Å²) in [6, 6.07) is -4.78. The average molecular weight is 400 g/mol. The molecule has 0 spiro atoms. The Hall–Kier alpha value is -1.61. The summed E-state index contributed by atoms with van der Waals surface area (Å²) in [6.45, 7) is -0.507. The predicted molar refractivity (Wildman–Crippen MR) is 78.8 cm³/mol. The van der Waals surface area contributed by atoms with Crippen molar-refractivity contribution in [3.8, 4) is 0 Å². The van der Waals surface area contributed by atoms with Crippen molar-refractivity contribution >= 4 is 22.3 Å². The van der Waals surface area contributed by atoms with Gasteiger partial charge in [-0.1, -0.05) is 0 Å². The number of amides is 3. The Bertz CT molecular complexity index is 714. The molecule has 3 rings (SSSR count). The first-order chi connectivity index (χ1) is 12.0. The van der Waals surface area contributed by atoms with Gasteiger partial charge in [0.2, 0.25) is 0 Å². The van der Waals surface area contributed by atoms with E-state index in [1.807, 2.05) is 0 Å². The highest BCUT2D eigenvalue weighted by Crippen LogP contribution is 2.41. The van der Waals surface area contributed by atoms with Gasteiger partial charge in [0, 0.05) is 12.0 Å². The maximum Gasteiger partial charge on any atom is 0.418 e. The average Bonchev–Trinajstić information content (AvgIpc) is 3.25. The molecule has 2 saturated heterocycles. The van der Waals surface area contributed by atoms with Crippen LogP contribution < -0.4 is 10.8 Å². The summed E-state index contributed by atoms with van der Waals surface area (Å²) in [4.78, 5) is 30.1. The van der Waals surface area contributed by atoms with Gasteiger partial charge in [-0.3, -0.25) is 14.2 Å². The van der Waals surface area contributed by atoms with Crippen LogP contribution in [-0.2, 0) is 24.3 Å². The van der Waals surface area contributed by atoms with Crippen LogP contribution in [0.4, 0.5) is 13.6 Å². The standard InChI is InChI=1S/C12H18F2N4O7S/c1-15-11(2-3-11)6-24-16-9(19)7-4-12(13,14)8-5-17(7)10(20)18(8)25-26(21,22)23/h7-8,15H,2-6H2,1H3,(H,16,19)(H,21,22,23)/t7-,8-/m0/s1. The van der Waals surface area contributed by atoms with E-state index in [2.05, 4.69) is 15.1 Å². The molecule has 3 fully saturated rings. The fourth-order valence-electron chi connectivity index (χ4n) is 3.02. The fourth-order valence-corrected chi connectivity index (χ4v) is 3.39. The van der Waals surface area contributed by atoms with Crippen LogP contribution in [0.3, 0.4) is 0 Å². The van der Waals surface area contributed by atoms with Gasteiger partial charge < -0.3 is 10.2 Å². The molecule has 2 bridgehead atoms. The van der Waals surface area contributed by atoms with Crippen molar-refractivity contribution in [2.24, 2.45) is 0 Å². The van der Waals surface area contributed by atoms with Crippen LogP contribution in [-0.4, -0.2) is 78.6 Å². The first-order valence-electron chi connectivity index (χ1n) is 7.73. The van der Waals surface area contributed by atoms with E-state index in [0.717, 1.165) is 17.7 Å². The molecule has 2 atom stereocenters. The topological polar surface area (TPSA) is 138 Å². The summed E-state index contributed by atoms with van der Waals surface area (Å²) < 4.78 is 62.7. The minimum Gasteiger partial charge on any atom is -0.312 e. The minimum atomic E-state index is -5.18. The number of nitrogens with one attached hydrogen (secondary N) is 2. The summed E-state index contributed by atoms with van der Waals surface area (Å²) >= 11 is 0. The number of hydrogen-bond donors (Lipinski definition) is 3. The summed E-state index contributed by atoms with van der Waals surface area (Å²) in [5.41, 5.74) is 1.80. The Morgan fingerprint density at radius 1 is 1.42 bits per heavy atom. The van der Waals surface area contributed by atoms with Gasteiger partial charge in [-0.2, -0.15) is 13.5 Å². The number of rotatable bonds is 7. The molecule has 0 aromatic rings. The van der Waals surface area contributed by atoms with E-state index in [0.29, 0.717) is 0 Å². The van der Waals surface area contributed by atoms with Gasteiger partial charge in [0.25, 0.3) is 11.8 Å². The summed E-state index contributed by atoms with van der Waals surface area (Å²) in [5, 5.41) is 2.89. The van der Waals surface area contributed by atoms with Crippen LogP contribution in [0.25, 0.3) is 0 Å². The Morgan fingerprint density at radius 3 is 2.62 bits per heavy atom. The number of halogens is 2. The lowest BCUT2D eigenvalue weighted by Crippen LogP contribution is -2.56. The lowest BCUT2D eigenvalue weighted by molar-refractivity contribution is -0.159. The molecule has 3 amide bonds. The molecule has 0 radical (unpaired) electrons. The summed E-state index contributed by atoms with van der Waals surface area (Å²) in [5.74, 6) is -4.57. The molecule has 2 heterocycles. The third kappa shape index (κ3) is 3.59. The molecule has 3 aliphatic rings. The molecule has 1 aliphatic carbocycles. The van der Waals surface area contributed by atoms with Crippen molar-refractivity contribution in [1.82, 2.24) is 20.8 Å². The highest BCUT2D eigenvalue weighted by Gasteiger charge is 2.62. The molecular weight excluding hydrogens is 382 g/mol. The maximum absolute atomic E-state index is 14.3. The number of fused-ring (bicyclic) bond motifs is 2. The van der Waals surface area contributed by atoms with Gasteiger partial charge in [0.05, 0.1) is 13.2 Å². The number of alkyl halides is 2. The van der Waals surface area contributed by atoms with Crippen molar-refractivity contribution in [2.75, 3.05) is 20.2 Å². The molecule has 0 unspecified atom stereocenters. The Labute approximate surface area is 147 Å². The monoisotopic (exact) mass is 400 g/mol. The Morgan fingerprint density at radius 2 is 2.08 bits per heavy atom. The van der Waals surface area contributed by atoms with Crippen molar-refractivity contribution in [3.05, 3.63) is 0 Å². The van der Waals surface area contributed by atoms with Crippen LogP contribution in [0.5, 0.6) is 0 Å². The zero-order chi connectivity index (χ0) is 19.3. The van der Waals surface area contributed by atoms with Crippen molar-refractivity contribution in [1.29, 1.82) is 0 Å². The third-order valence-electron chi connectivity index (χ3n) is 4.80. The van der Waals surface area contributed by atoms with E-state index < -0.39 is 53.3 Å². The molecule has 0 aromatic carbocycles. The molecule has 148 valence electrons. The quantitative estimate of drug-likeness (QED) is 0.367. The minimum absolute atomic E-state index is 0.121. The van der Waals surface area contributed by atoms with Crippen LogP contribution in [0.1, 0.15) is 19.3 Å². The summed E-state index contributed by atoms with van der Waals surface area (Å²) in [6.07, 6.45) is 0.644. The van der Waals surface area contributed by atoms with E-state index >= 15 is 0 Å². The third-order valence-corrected chi connectivity index (χ3v) is 5.15. The second-order valence-electron chi connectivity index (χ2n) is 6.55.